The number of amides is 2. The van der Waals surface area contributed by atoms with Crippen LogP contribution in [0.15, 0.2) is 9.98 Å². The van der Waals surface area contributed by atoms with Crippen LogP contribution in [0.3, 0.4) is 0 Å². The molecule has 2 saturated heterocycles. The minimum atomic E-state index is -1.84. The minimum absolute atomic E-state index is 0.0312. The maximum Gasteiger partial charge on any atom is 0.274 e. The van der Waals surface area contributed by atoms with E-state index in [4.69, 9.17) is 0 Å². The second kappa shape index (κ2) is 6.38. The highest BCUT2D eigenvalue weighted by Gasteiger charge is 2.42. The highest BCUT2D eigenvalue weighted by atomic mass is 32.2. The lowest BCUT2D eigenvalue weighted by Crippen LogP contribution is -2.29. The summed E-state index contributed by atoms with van der Waals surface area (Å²) in [5.74, 6) is -0.571. The average molecular weight is 306 g/mol. The molecule has 0 saturated carbocycles. The standard InChI is InChI=1S/C5H7FN2OS.C5H8N2OS/c1-5(6)3(9)8-4(7-2)10-5;1-3-4(8)7-5(6-2)9-3/h1-2H3,(H,7,8,9);3H,1-2H3,(H,6,7,8). The molecule has 2 rings (SSSR count). The first-order valence-electron chi connectivity index (χ1n) is 5.40. The molecule has 9 heteroatoms. The Morgan fingerprint density at radius 2 is 1.79 bits per heavy atom. The van der Waals surface area contributed by atoms with E-state index in [2.05, 4.69) is 20.6 Å². The van der Waals surface area contributed by atoms with Gasteiger partial charge in [0.2, 0.25) is 10.9 Å². The zero-order chi connectivity index (χ0) is 14.6. The van der Waals surface area contributed by atoms with Gasteiger partial charge in [-0.1, -0.05) is 11.8 Å². The summed E-state index contributed by atoms with van der Waals surface area (Å²) in [5.41, 5.74) is 0. The van der Waals surface area contributed by atoms with Crippen LogP contribution in [0.1, 0.15) is 13.8 Å². The number of thioether (sulfide) groups is 2. The molecule has 19 heavy (non-hydrogen) atoms. The van der Waals surface area contributed by atoms with Gasteiger partial charge in [-0.15, -0.1) is 0 Å². The van der Waals surface area contributed by atoms with Crippen molar-refractivity contribution in [3.8, 4) is 0 Å². The molecular weight excluding hydrogens is 291 g/mol. The fourth-order valence-corrected chi connectivity index (χ4v) is 2.64. The lowest BCUT2D eigenvalue weighted by molar-refractivity contribution is -0.124. The molecule has 0 aliphatic carbocycles. The molecule has 2 unspecified atom stereocenters. The van der Waals surface area contributed by atoms with Crippen LogP contribution in [-0.2, 0) is 9.59 Å². The van der Waals surface area contributed by atoms with E-state index < -0.39 is 10.9 Å². The Balaban J connectivity index is 0.000000191. The maximum absolute atomic E-state index is 12.9. The number of carbonyl (C=O) groups is 2. The van der Waals surface area contributed by atoms with Gasteiger partial charge >= 0.3 is 0 Å². The molecule has 2 atom stereocenters. The monoisotopic (exact) mass is 306 g/mol. The number of carbonyl (C=O) groups excluding carboxylic acids is 2. The molecule has 106 valence electrons. The molecule has 0 aromatic rings. The Kier molecular flexibility index (Phi) is 5.36. The molecule has 0 aromatic heterocycles. The Hall–Kier alpha value is -1.09. The van der Waals surface area contributed by atoms with E-state index in [0.717, 1.165) is 16.9 Å². The second-order valence-electron chi connectivity index (χ2n) is 3.78. The third kappa shape index (κ3) is 4.20. The number of hydrogen-bond donors (Lipinski definition) is 2. The quantitative estimate of drug-likeness (QED) is 0.691. The summed E-state index contributed by atoms with van der Waals surface area (Å²) >= 11 is 2.26. The van der Waals surface area contributed by atoms with Crippen LogP contribution in [0.2, 0.25) is 0 Å². The smallest absolute Gasteiger partial charge is 0.274 e. The van der Waals surface area contributed by atoms with Gasteiger partial charge in [0.15, 0.2) is 10.3 Å². The van der Waals surface area contributed by atoms with Crippen LogP contribution in [-0.4, -0.2) is 46.5 Å². The van der Waals surface area contributed by atoms with Gasteiger partial charge in [-0.25, -0.2) is 4.39 Å². The van der Waals surface area contributed by atoms with Crippen molar-refractivity contribution in [2.75, 3.05) is 14.1 Å². The fourth-order valence-electron chi connectivity index (χ4n) is 1.13. The van der Waals surface area contributed by atoms with Gasteiger partial charge in [0.25, 0.3) is 5.91 Å². The van der Waals surface area contributed by atoms with Crippen LogP contribution < -0.4 is 10.6 Å². The molecule has 2 aliphatic heterocycles. The van der Waals surface area contributed by atoms with E-state index in [1.165, 1.54) is 25.7 Å². The molecule has 0 radical (unpaired) electrons. The predicted octanol–water partition coefficient (Wildman–Crippen LogP) is 0.745. The molecule has 2 amide bonds. The van der Waals surface area contributed by atoms with Crippen molar-refractivity contribution in [3.05, 3.63) is 0 Å². The van der Waals surface area contributed by atoms with Gasteiger partial charge in [0.1, 0.15) is 0 Å². The third-order valence-corrected chi connectivity index (χ3v) is 4.33. The SMILES string of the molecule is CN=C1NC(=O)C(C)(F)S1.CN=C1NC(=O)C(C)S1. The number of aliphatic imine (C=N–C) groups is 2. The molecular formula is C10H15FN4O2S2. The van der Waals surface area contributed by atoms with E-state index in [-0.39, 0.29) is 11.2 Å². The zero-order valence-corrected chi connectivity index (χ0v) is 12.6. The minimum Gasteiger partial charge on any atom is -0.304 e. The van der Waals surface area contributed by atoms with Crippen LogP contribution in [0.5, 0.6) is 0 Å². The summed E-state index contributed by atoms with van der Waals surface area (Å²) in [6.07, 6.45) is 0. The highest BCUT2D eigenvalue weighted by molar-refractivity contribution is 8.16. The first kappa shape index (κ1) is 16.0. The Morgan fingerprint density at radius 3 is 2.00 bits per heavy atom. The number of nitrogens with zero attached hydrogens (tertiary/aromatic N) is 2. The third-order valence-electron chi connectivity index (χ3n) is 2.21. The lowest BCUT2D eigenvalue weighted by atomic mass is 10.4. The molecule has 6 nitrogen and oxygen atoms in total. The number of amidine groups is 2. The van der Waals surface area contributed by atoms with Crippen molar-refractivity contribution in [2.45, 2.75) is 24.1 Å². The van der Waals surface area contributed by atoms with Crippen LogP contribution in [0.4, 0.5) is 4.39 Å². The zero-order valence-electron chi connectivity index (χ0n) is 11.0. The number of nitrogens with one attached hydrogen (secondary N) is 2. The summed E-state index contributed by atoms with van der Waals surface area (Å²) < 4.78 is 12.9. The molecule has 2 heterocycles. The highest BCUT2D eigenvalue weighted by Crippen LogP contribution is 2.32. The first-order chi connectivity index (χ1) is 8.80. The van der Waals surface area contributed by atoms with Gasteiger partial charge in [0, 0.05) is 14.1 Å². The molecule has 0 bridgehead atoms. The second-order valence-corrected chi connectivity index (χ2v) is 6.47. The van der Waals surface area contributed by atoms with Gasteiger partial charge < -0.3 is 10.6 Å². The van der Waals surface area contributed by atoms with Crippen molar-refractivity contribution >= 4 is 45.7 Å². The van der Waals surface area contributed by atoms with Crippen molar-refractivity contribution in [3.63, 3.8) is 0 Å². The van der Waals surface area contributed by atoms with Crippen LogP contribution in [0, 0.1) is 0 Å². The van der Waals surface area contributed by atoms with E-state index in [9.17, 15) is 14.0 Å². The van der Waals surface area contributed by atoms with Crippen LogP contribution in [0.25, 0.3) is 0 Å². The molecule has 2 N–H and O–H groups in total. The topological polar surface area (TPSA) is 82.9 Å². The van der Waals surface area contributed by atoms with Gasteiger partial charge in [-0.3, -0.25) is 19.6 Å². The van der Waals surface area contributed by atoms with E-state index in [1.807, 2.05) is 6.92 Å². The Labute approximate surface area is 119 Å². The number of hydrogen-bond acceptors (Lipinski definition) is 6. The van der Waals surface area contributed by atoms with Gasteiger partial charge in [-0.2, -0.15) is 0 Å². The number of rotatable bonds is 0. The largest absolute Gasteiger partial charge is 0.304 e. The predicted molar refractivity (Wildman–Crippen MR) is 77.2 cm³/mol. The molecule has 0 aromatic carbocycles. The normalized spacial score (nSPS) is 34.1. The fraction of sp³-hybridized carbons (Fsp3) is 0.600. The summed E-state index contributed by atoms with van der Waals surface area (Å²) in [6.45, 7) is 3.07. The van der Waals surface area contributed by atoms with Crippen molar-refractivity contribution < 1.29 is 14.0 Å². The average Bonchev–Trinajstić information content (AvgIpc) is 2.81. The van der Waals surface area contributed by atoms with Crippen molar-refractivity contribution in [1.82, 2.24) is 10.6 Å². The van der Waals surface area contributed by atoms with E-state index in [0.29, 0.717) is 5.17 Å². The summed E-state index contributed by atoms with van der Waals surface area (Å²) in [7, 11) is 3.17. The maximum atomic E-state index is 12.9. The Bertz CT molecular complexity index is 451. The van der Waals surface area contributed by atoms with Crippen molar-refractivity contribution in [2.24, 2.45) is 9.98 Å². The van der Waals surface area contributed by atoms with Crippen molar-refractivity contribution in [1.29, 1.82) is 0 Å². The summed E-state index contributed by atoms with van der Waals surface area (Å²) in [5, 5.41) is 4.18. The van der Waals surface area contributed by atoms with Gasteiger partial charge in [-0.05, 0) is 25.6 Å². The molecule has 2 fully saturated rings. The summed E-state index contributed by atoms with van der Waals surface area (Å²) in [6, 6.07) is 0. The van der Waals surface area contributed by atoms with E-state index in [1.54, 1.807) is 7.05 Å². The first-order valence-corrected chi connectivity index (χ1v) is 7.10. The number of halogens is 1. The van der Waals surface area contributed by atoms with Gasteiger partial charge in [0.05, 0.1) is 5.25 Å². The van der Waals surface area contributed by atoms with Crippen LogP contribution >= 0.6 is 23.5 Å². The Morgan fingerprint density at radius 1 is 1.21 bits per heavy atom. The summed E-state index contributed by atoms with van der Waals surface area (Å²) in [4.78, 5) is 28.9. The molecule has 0 spiro atoms. The van der Waals surface area contributed by atoms with E-state index >= 15 is 0 Å². The number of alkyl halides is 1. The lowest BCUT2D eigenvalue weighted by Gasteiger charge is -2.03. The molecule has 2 aliphatic rings.